The first-order valence-electron chi connectivity index (χ1n) is 8.10. The quantitative estimate of drug-likeness (QED) is 0.352. The number of hydrogen-bond acceptors (Lipinski definition) is 2. The molecule has 0 heterocycles. The minimum absolute atomic E-state index is 0.467. The van der Waals surface area contributed by atoms with E-state index in [-0.39, 0.29) is 0 Å². The largest absolute Gasteiger partial charge is 0.377 e. The average molecular weight is 301 g/mol. The lowest BCUT2D eigenvalue weighted by Crippen LogP contribution is -2.42. The molecule has 0 spiro atoms. The van der Waals surface area contributed by atoms with Crippen LogP contribution in [0.25, 0.3) is 0 Å². The number of rotatable bonds is 7. The Balaban J connectivity index is 1.86. The van der Waals surface area contributed by atoms with Crippen molar-refractivity contribution in [2.24, 2.45) is 4.99 Å². The van der Waals surface area contributed by atoms with Crippen molar-refractivity contribution < 1.29 is 4.74 Å². The summed E-state index contributed by atoms with van der Waals surface area (Å²) in [6.45, 7) is 4.36. The van der Waals surface area contributed by atoms with Crippen molar-refractivity contribution in [1.82, 2.24) is 10.6 Å². The van der Waals surface area contributed by atoms with Gasteiger partial charge in [-0.15, -0.1) is 0 Å². The van der Waals surface area contributed by atoms with Gasteiger partial charge in [0.05, 0.1) is 6.61 Å². The van der Waals surface area contributed by atoms with Crippen LogP contribution in [0.4, 0.5) is 0 Å². The van der Waals surface area contributed by atoms with Crippen LogP contribution in [0, 0.1) is 0 Å². The highest BCUT2D eigenvalue weighted by Crippen LogP contribution is 2.11. The van der Waals surface area contributed by atoms with Gasteiger partial charge in [-0.25, -0.2) is 0 Å². The Bertz CT molecular complexity index is 503. The average Bonchev–Trinajstić information content (AvgIpc) is 3.06. The van der Waals surface area contributed by atoms with Gasteiger partial charge in [0.2, 0.25) is 0 Å². The molecule has 0 atom stereocenters. The fourth-order valence-electron chi connectivity index (χ4n) is 2.50. The van der Waals surface area contributed by atoms with E-state index in [4.69, 9.17) is 4.74 Å². The first-order valence-corrected chi connectivity index (χ1v) is 8.10. The fraction of sp³-hybridized carbons (Fsp3) is 0.500. The van der Waals surface area contributed by atoms with Crippen LogP contribution in [0.3, 0.4) is 0 Å². The van der Waals surface area contributed by atoms with E-state index >= 15 is 0 Å². The molecule has 1 aromatic carbocycles. The van der Waals surface area contributed by atoms with E-state index in [1.165, 1.54) is 11.1 Å². The molecule has 0 saturated heterocycles. The lowest BCUT2D eigenvalue weighted by Gasteiger charge is -2.18. The Kier molecular flexibility index (Phi) is 6.97. The molecule has 1 aliphatic carbocycles. The third-order valence-electron chi connectivity index (χ3n) is 3.74. The highest BCUT2D eigenvalue weighted by atomic mass is 16.5. The Morgan fingerprint density at radius 1 is 1.23 bits per heavy atom. The minimum Gasteiger partial charge on any atom is -0.377 e. The van der Waals surface area contributed by atoms with Gasteiger partial charge >= 0.3 is 0 Å². The van der Waals surface area contributed by atoms with E-state index in [1.54, 1.807) is 0 Å². The monoisotopic (exact) mass is 301 g/mol. The third kappa shape index (κ3) is 5.19. The number of ether oxygens (including phenoxy) is 1. The molecule has 0 amide bonds. The first kappa shape index (κ1) is 16.6. The van der Waals surface area contributed by atoms with Gasteiger partial charge in [0.1, 0.15) is 0 Å². The molecule has 1 aliphatic rings. The van der Waals surface area contributed by atoms with Gasteiger partial charge in [0.15, 0.2) is 5.96 Å². The van der Waals surface area contributed by atoms with E-state index in [0.29, 0.717) is 12.6 Å². The highest BCUT2D eigenvalue weighted by Gasteiger charge is 2.11. The van der Waals surface area contributed by atoms with E-state index in [2.05, 4.69) is 59.0 Å². The first-order chi connectivity index (χ1) is 10.8. The van der Waals surface area contributed by atoms with Gasteiger partial charge < -0.3 is 15.4 Å². The lowest BCUT2D eigenvalue weighted by atomic mass is 10.1. The zero-order chi connectivity index (χ0) is 15.6. The van der Waals surface area contributed by atoms with Crippen LogP contribution in [0.2, 0.25) is 0 Å². The molecular weight excluding hydrogens is 274 g/mol. The number of guanidine groups is 1. The van der Waals surface area contributed by atoms with Gasteiger partial charge in [-0.1, -0.05) is 43.3 Å². The Hall–Kier alpha value is -1.81. The lowest BCUT2D eigenvalue weighted by molar-refractivity contribution is 0.121. The Labute approximate surface area is 133 Å². The standard InChI is InChI=1S/C18H27N3O/c1-3-12-22-14-16-9-5-4-8-15(16)13-20-18(19-2)21-17-10-6-7-11-17/h4-9,17H,3,10-14H2,1-2H3,(H2,19,20,21). The maximum atomic E-state index is 5.67. The van der Waals surface area contributed by atoms with Crippen LogP contribution < -0.4 is 10.6 Å². The normalized spacial score (nSPS) is 15.3. The number of benzene rings is 1. The summed E-state index contributed by atoms with van der Waals surface area (Å²) in [6.07, 6.45) is 7.62. The maximum absolute atomic E-state index is 5.67. The van der Waals surface area contributed by atoms with Gasteiger partial charge in [-0.3, -0.25) is 4.99 Å². The Morgan fingerprint density at radius 3 is 2.64 bits per heavy atom. The number of hydrogen-bond donors (Lipinski definition) is 2. The molecule has 2 N–H and O–H groups in total. The maximum Gasteiger partial charge on any atom is 0.191 e. The molecule has 22 heavy (non-hydrogen) atoms. The molecule has 4 nitrogen and oxygen atoms in total. The van der Waals surface area contributed by atoms with Crippen molar-refractivity contribution in [3.8, 4) is 0 Å². The summed E-state index contributed by atoms with van der Waals surface area (Å²) in [6, 6.07) is 8.86. The van der Waals surface area contributed by atoms with Gasteiger partial charge in [0.25, 0.3) is 0 Å². The summed E-state index contributed by atoms with van der Waals surface area (Å²) in [5.41, 5.74) is 2.49. The summed E-state index contributed by atoms with van der Waals surface area (Å²) in [7, 11) is 1.81. The second kappa shape index (κ2) is 9.26. The van der Waals surface area contributed by atoms with Crippen LogP contribution >= 0.6 is 0 Å². The third-order valence-corrected chi connectivity index (χ3v) is 3.74. The molecule has 4 heteroatoms. The van der Waals surface area contributed by atoms with Crippen LogP contribution in [0.1, 0.15) is 37.3 Å². The highest BCUT2D eigenvalue weighted by molar-refractivity contribution is 5.80. The molecule has 0 fully saturated rings. The summed E-state index contributed by atoms with van der Waals surface area (Å²) >= 11 is 0. The van der Waals surface area contributed by atoms with Crippen molar-refractivity contribution in [3.63, 3.8) is 0 Å². The predicted molar refractivity (Wildman–Crippen MR) is 91.9 cm³/mol. The molecular formula is C18H27N3O. The molecule has 120 valence electrons. The van der Waals surface area contributed by atoms with Crippen molar-refractivity contribution in [2.75, 3.05) is 13.7 Å². The second-order valence-electron chi connectivity index (χ2n) is 5.53. The van der Waals surface area contributed by atoms with Crippen molar-refractivity contribution >= 4 is 5.96 Å². The van der Waals surface area contributed by atoms with Crippen LogP contribution in [-0.4, -0.2) is 25.7 Å². The summed E-state index contributed by atoms with van der Waals surface area (Å²) < 4.78 is 5.67. The Morgan fingerprint density at radius 2 is 1.95 bits per heavy atom. The zero-order valence-corrected chi connectivity index (χ0v) is 13.6. The van der Waals surface area contributed by atoms with Crippen LogP contribution in [-0.2, 0) is 17.9 Å². The van der Waals surface area contributed by atoms with Gasteiger partial charge in [-0.05, 0) is 30.4 Å². The second-order valence-corrected chi connectivity index (χ2v) is 5.53. The van der Waals surface area contributed by atoms with E-state index < -0.39 is 0 Å². The molecule has 0 saturated carbocycles. The van der Waals surface area contributed by atoms with Crippen molar-refractivity contribution in [1.29, 1.82) is 0 Å². The van der Waals surface area contributed by atoms with Crippen molar-refractivity contribution in [3.05, 3.63) is 47.5 Å². The number of aliphatic imine (C=N–C) groups is 1. The molecule has 0 aromatic heterocycles. The zero-order valence-electron chi connectivity index (χ0n) is 13.6. The number of nitrogens with zero attached hydrogens (tertiary/aromatic N) is 1. The molecule has 1 aromatic rings. The van der Waals surface area contributed by atoms with E-state index in [0.717, 1.165) is 38.4 Å². The molecule has 0 aliphatic heterocycles. The predicted octanol–water partition coefficient (Wildman–Crippen LogP) is 3.00. The van der Waals surface area contributed by atoms with Crippen LogP contribution in [0.5, 0.6) is 0 Å². The summed E-state index contributed by atoms with van der Waals surface area (Å²) in [5.74, 6) is 0.859. The SMILES string of the molecule is CCCOCc1ccccc1CNC(=NC)NC1CC=CC1. The van der Waals surface area contributed by atoms with Gasteiger partial charge in [0, 0.05) is 26.2 Å². The minimum atomic E-state index is 0.467. The number of nitrogens with one attached hydrogen (secondary N) is 2. The summed E-state index contributed by atoms with van der Waals surface area (Å²) in [4.78, 5) is 4.31. The molecule has 2 rings (SSSR count). The topological polar surface area (TPSA) is 45.6 Å². The van der Waals surface area contributed by atoms with E-state index in [1.807, 2.05) is 7.05 Å². The fourth-order valence-corrected chi connectivity index (χ4v) is 2.50. The van der Waals surface area contributed by atoms with Gasteiger partial charge in [-0.2, -0.15) is 0 Å². The molecule has 0 bridgehead atoms. The van der Waals surface area contributed by atoms with E-state index in [9.17, 15) is 0 Å². The summed E-state index contributed by atoms with van der Waals surface area (Å²) in [5, 5.41) is 6.85. The smallest absolute Gasteiger partial charge is 0.191 e. The van der Waals surface area contributed by atoms with Crippen molar-refractivity contribution in [2.45, 2.75) is 45.4 Å². The molecule has 0 unspecified atom stereocenters. The molecule has 0 radical (unpaired) electrons. The van der Waals surface area contributed by atoms with Crippen LogP contribution in [0.15, 0.2) is 41.4 Å².